The van der Waals surface area contributed by atoms with Gasteiger partial charge in [-0.15, -0.1) is 0 Å². The quantitative estimate of drug-likeness (QED) is 0.509. The summed E-state index contributed by atoms with van der Waals surface area (Å²) in [5.41, 5.74) is 0. The molecule has 0 saturated heterocycles. The molecule has 0 spiro atoms. The van der Waals surface area contributed by atoms with Gasteiger partial charge in [-0.1, -0.05) is 13.8 Å². The average Bonchev–Trinajstić information content (AvgIpc) is 1.89. The van der Waals surface area contributed by atoms with Gasteiger partial charge in [-0.25, -0.2) is 0 Å². The van der Waals surface area contributed by atoms with Gasteiger partial charge in [0.25, 0.3) is 0 Å². The molecular formula is C8H15N. The third-order valence-corrected chi connectivity index (χ3v) is 2.21. The van der Waals surface area contributed by atoms with Gasteiger partial charge >= 0.3 is 0 Å². The molecule has 2 atom stereocenters. The van der Waals surface area contributed by atoms with Gasteiger partial charge in [-0.3, -0.25) is 4.99 Å². The van der Waals surface area contributed by atoms with Crippen molar-refractivity contribution >= 4 is 6.21 Å². The molecule has 0 aliphatic carbocycles. The van der Waals surface area contributed by atoms with Crippen LogP contribution < -0.4 is 0 Å². The number of hydrogen-bond donors (Lipinski definition) is 0. The first-order valence-corrected chi connectivity index (χ1v) is 3.84. The molecular weight excluding hydrogens is 110 g/mol. The van der Waals surface area contributed by atoms with Gasteiger partial charge in [-0.05, 0) is 24.7 Å². The van der Waals surface area contributed by atoms with Crippen LogP contribution in [-0.4, -0.2) is 12.8 Å². The Morgan fingerprint density at radius 1 is 1.67 bits per heavy atom. The highest BCUT2D eigenvalue weighted by atomic mass is 14.7. The van der Waals surface area contributed by atoms with Crippen molar-refractivity contribution in [2.24, 2.45) is 16.8 Å². The molecule has 9 heavy (non-hydrogen) atoms. The topological polar surface area (TPSA) is 12.4 Å². The van der Waals surface area contributed by atoms with Gasteiger partial charge in [-0.2, -0.15) is 0 Å². The molecule has 0 fully saturated rings. The van der Waals surface area contributed by atoms with Gasteiger partial charge in [0, 0.05) is 12.8 Å². The zero-order valence-corrected chi connectivity index (χ0v) is 6.30. The third kappa shape index (κ3) is 1.54. The van der Waals surface area contributed by atoms with E-state index in [1.54, 1.807) is 0 Å². The van der Waals surface area contributed by atoms with Crippen LogP contribution in [0.4, 0.5) is 0 Å². The number of hydrogen-bond acceptors (Lipinski definition) is 1. The number of rotatable bonds is 1. The highest BCUT2D eigenvalue weighted by molar-refractivity contribution is 5.61. The van der Waals surface area contributed by atoms with Crippen molar-refractivity contribution in [2.45, 2.75) is 26.7 Å². The molecule has 1 rings (SSSR count). The van der Waals surface area contributed by atoms with Crippen molar-refractivity contribution in [3.8, 4) is 0 Å². The summed E-state index contributed by atoms with van der Waals surface area (Å²) in [6.45, 7) is 5.61. The molecule has 1 aliphatic rings. The Hall–Kier alpha value is -0.330. The largest absolute Gasteiger partial charge is 0.297 e. The molecule has 0 radical (unpaired) electrons. The Morgan fingerprint density at radius 2 is 2.44 bits per heavy atom. The van der Waals surface area contributed by atoms with Gasteiger partial charge < -0.3 is 0 Å². The zero-order chi connectivity index (χ0) is 6.69. The Kier molecular flexibility index (Phi) is 2.26. The summed E-state index contributed by atoms with van der Waals surface area (Å²) in [6.07, 6.45) is 4.67. The summed E-state index contributed by atoms with van der Waals surface area (Å²) in [6, 6.07) is 0. The average molecular weight is 125 g/mol. The second kappa shape index (κ2) is 3.00. The van der Waals surface area contributed by atoms with E-state index in [0.717, 1.165) is 18.4 Å². The number of aliphatic imine (C=N–C) groups is 1. The first-order valence-electron chi connectivity index (χ1n) is 3.84. The van der Waals surface area contributed by atoms with Crippen LogP contribution in [0.5, 0.6) is 0 Å². The Bertz CT molecular complexity index is 107. The van der Waals surface area contributed by atoms with Crippen molar-refractivity contribution in [1.82, 2.24) is 0 Å². The van der Waals surface area contributed by atoms with E-state index in [9.17, 15) is 0 Å². The second-order valence-corrected chi connectivity index (χ2v) is 2.89. The number of nitrogens with zero attached hydrogens (tertiary/aromatic N) is 1. The van der Waals surface area contributed by atoms with Gasteiger partial charge in [0.05, 0.1) is 0 Å². The predicted molar refractivity (Wildman–Crippen MR) is 40.9 cm³/mol. The SMILES string of the molecule is CCC1C=NCCC1C. The maximum atomic E-state index is 4.25. The Balaban J connectivity index is 2.46. The molecule has 0 saturated carbocycles. The molecule has 0 aromatic heterocycles. The molecule has 52 valence electrons. The van der Waals surface area contributed by atoms with Crippen molar-refractivity contribution in [2.75, 3.05) is 6.54 Å². The van der Waals surface area contributed by atoms with Crippen LogP contribution in [0.2, 0.25) is 0 Å². The molecule has 2 unspecified atom stereocenters. The molecule has 0 aromatic carbocycles. The van der Waals surface area contributed by atoms with Crippen LogP contribution in [0.1, 0.15) is 26.7 Å². The van der Waals surface area contributed by atoms with Crippen LogP contribution in [0.3, 0.4) is 0 Å². The maximum Gasteiger partial charge on any atom is 0.0388 e. The molecule has 1 nitrogen and oxygen atoms in total. The third-order valence-electron chi connectivity index (χ3n) is 2.21. The lowest BCUT2D eigenvalue weighted by atomic mass is 9.88. The van der Waals surface area contributed by atoms with E-state index in [1.807, 2.05) is 0 Å². The van der Waals surface area contributed by atoms with E-state index in [1.165, 1.54) is 12.8 Å². The van der Waals surface area contributed by atoms with Crippen LogP contribution in [0.25, 0.3) is 0 Å². The highest BCUT2D eigenvalue weighted by Crippen LogP contribution is 2.20. The normalized spacial score (nSPS) is 34.9. The summed E-state index contributed by atoms with van der Waals surface area (Å²) >= 11 is 0. The van der Waals surface area contributed by atoms with E-state index in [4.69, 9.17) is 0 Å². The molecule has 0 aromatic rings. The minimum Gasteiger partial charge on any atom is -0.297 e. The van der Waals surface area contributed by atoms with Crippen molar-refractivity contribution in [1.29, 1.82) is 0 Å². The highest BCUT2D eigenvalue weighted by Gasteiger charge is 2.15. The lowest BCUT2D eigenvalue weighted by Gasteiger charge is -2.21. The van der Waals surface area contributed by atoms with E-state index in [2.05, 4.69) is 25.1 Å². The summed E-state index contributed by atoms with van der Waals surface area (Å²) in [4.78, 5) is 4.25. The lowest BCUT2D eigenvalue weighted by Crippen LogP contribution is -2.17. The molecule has 0 bridgehead atoms. The van der Waals surface area contributed by atoms with E-state index < -0.39 is 0 Å². The first-order chi connectivity index (χ1) is 4.34. The van der Waals surface area contributed by atoms with E-state index in [-0.39, 0.29) is 0 Å². The minimum absolute atomic E-state index is 0.763. The summed E-state index contributed by atoms with van der Waals surface area (Å²) in [5.74, 6) is 1.63. The van der Waals surface area contributed by atoms with Crippen LogP contribution >= 0.6 is 0 Å². The Labute approximate surface area is 57.2 Å². The van der Waals surface area contributed by atoms with Crippen LogP contribution in [-0.2, 0) is 0 Å². The molecule has 0 amide bonds. The minimum atomic E-state index is 0.763. The van der Waals surface area contributed by atoms with Crippen LogP contribution in [0, 0.1) is 11.8 Å². The second-order valence-electron chi connectivity index (χ2n) is 2.89. The fourth-order valence-corrected chi connectivity index (χ4v) is 1.36. The lowest BCUT2D eigenvalue weighted by molar-refractivity contribution is 0.409. The van der Waals surface area contributed by atoms with Gasteiger partial charge in [0.1, 0.15) is 0 Å². The van der Waals surface area contributed by atoms with Crippen molar-refractivity contribution in [3.63, 3.8) is 0 Å². The predicted octanol–water partition coefficient (Wildman–Crippen LogP) is 2.12. The van der Waals surface area contributed by atoms with Crippen molar-refractivity contribution < 1.29 is 0 Å². The van der Waals surface area contributed by atoms with Gasteiger partial charge in [0.15, 0.2) is 0 Å². The Morgan fingerprint density at radius 3 is 2.89 bits per heavy atom. The standard InChI is InChI=1S/C8H15N/c1-3-8-6-9-5-4-7(8)2/h6-8H,3-5H2,1-2H3. The monoisotopic (exact) mass is 125 g/mol. The molecule has 1 heteroatoms. The van der Waals surface area contributed by atoms with Crippen molar-refractivity contribution in [3.05, 3.63) is 0 Å². The zero-order valence-electron chi connectivity index (χ0n) is 6.30. The summed E-state index contributed by atoms with van der Waals surface area (Å²) in [5, 5.41) is 0. The van der Waals surface area contributed by atoms with E-state index >= 15 is 0 Å². The summed E-state index contributed by atoms with van der Waals surface area (Å²) in [7, 11) is 0. The summed E-state index contributed by atoms with van der Waals surface area (Å²) < 4.78 is 0. The maximum absolute atomic E-state index is 4.25. The fraction of sp³-hybridized carbons (Fsp3) is 0.875. The molecule has 1 aliphatic heterocycles. The molecule has 0 N–H and O–H groups in total. The smallest absolute Gasteiger partial charge is 0.0388 e. The molecule has 1 heterocycles. The van der Waals surface area contributed by atoms with E-state index in [0.29, 0.717) is 0 Å². The van der Waals surface area contributed by atoms with Crippen LogP contribution in [0.15, 0.2) is 4.99 Å². The fourth-order valence-electron chi connectivity index (χ4n) is 1.36. The van der Waals surface area contributed by atoms with Gasteiger partial charge in [0.2, 0.25) is 0 Å². The first kappa shape index (κ1) is 6.79.